The fourth-order valence-corrected chi connectivity index (χ4v) is 5.65. The quantitative estimate of drug-likeness (QED) is 0.433. The van der Waals surface area contributed by atoms with Crippen molar-refractivity contribution in [1.29, 1.82) is 0 Å². The largest absolute Gasteiger partial charge is 0.0839 e. The molecule has 0 spiro atoms. The van der Waals surface area contributed by atoms with Crippen LogP contribution in [0, 0.1) is 23.7 Å². The maximum Gasteiger partial charge on any atom is -0.0260 e. The van der Waals surface area contributed by atoms with Gasteiger partial charge in [-0.2, -0.15) is 0 Å². The summed E-state index contributed by atoms with van der Waals surface area (Å²) >= 11 is 0. The van der Waals surface area contributed by atoms with Crippen LogP contribution in [0.2, 0.25) is 0 Å². The zero-order valence-corrected chi connectivity index (χ0v) is 18.0. The van der Waals surface area contributed by atoms with Crippen LogP contribution in [-0.2, 0) is 6.42 Å². The van der Waals surface area contributed by atoms with Crippen LogP contribution in [0.15, 0.2) is 30.3 Å². The monoisotopic (exact) mass is 366 g/mol. The average molecular weight is 367 g/mol. The van der Waals surface area contributed by atoms with Gasteiger partial charge in [-0.3, -0.25) is 0 Å². The van der Waals surface area contributed by atoms with Crippen molar-refractivity contribution in [2.75, 3.05) is 0 Å². The molecule has 0 saturated heterocycles. The number of hydrogen-bond donors (Lipinski definition) is 0. The summed E-state index contributed by atoms with van der Waals surface area (Å²) in [6.07, 6.45) is 23.4. The molecular formula is C27H42. The van der Waals surface area contributed by atoms with E-state index in [-0.39, 0.29) is 0 Å². The van der Waals surface area contributed by atoms with Crippen molar-refractivity contribution < 1.29 is 0 Å². The second kappa shape index (κ2) is 11.1. The van der Waals surface area contributed by atoms with Gasteiger partial charge in [0.2, 0.25) is 0 Å². The first-order chi connectivity index (χ1) is 13.3. The van der Waals surface area contributed by atoms with E-state index in [1.54, 1.807) is 0 Å². The zero-order chi connectivity index (χ0) is 18.9. The van der Waals surface area contributed by atoms with Crippen LogP contribution in [0.5, 0.6) is 0 Å². The fourth-order valence-electron chi connectivity index (χ4n) is 5.65. The Morgan fingerprint density at radius 2 is 1.37 bits per heavy atom. The summed E-state index contributed by atoms with van der Waals surface area (Å²) in [6.45, 7) is 4.63. The highest BCUT2D eigenvalue weighted by molar-refractivity contribution is 5.49. The maximum absolute atomic E-state index is 2.41. The molecule has 0 nitrogen and oxygen atoms in total. The summed E-state index contributed by atoms with van der Waals surface area (Å²) in [6, 6.07) is 9.14. The minimum atomic E-state index is 0.991. The molecule has 1 aromatic rings. The summed E-state index contributed by atoms with van der Waals surface area (Å²) in [5, 5.41) is 0. The lowest BCUT2D eigenvalue weighted by Gasteiger charge is -2.37. The van der Waals surface area contributed by atoms with Crippen molar-refractivity contribution in [3.63, 3.8) is 0 Å². The van der Waals surface area contributed by atoms with Gasteiger partial charge < -0.3 is 0 Å². The average Bonchev–Trinajstić information content (AvgIpc) is 2.73. The predicted octanol–water partition coefficient (Wildman–Crippen LogP) is 8.46. The summed E-state index contributed by atoms with van der Waals surface area (Å²) in [7, 11) is 0. The van der Waals surface area contributed by atoms with Gasteiger partial charge in [0.25, 0.3) is 0 Å². The van der Waals surface area contributed by atoms with Gasteiger partial charge in [-0.25, -0.2) is 0 Å². The lowest BCUT2D eigenvalue weighted by Crippen LogP contribution is -2.25. The van der Waals surface area contributed by atoms with Crippen molar-refractivity contribution >= 4 is 6.08 Å². The Hall–Kier alpha value is -1.04. The maximum atomic E-state index is 2.41. The number of allylic oxidation sites excluding steroid dienone is 1. The van der Waals surface area contributed by atoms with Gasteiger partial charge in [0.05, 0.1) is 0 Å². The number of hydrogen-bond acceptors (Lipinski definition) is 0. The molecule has 0 radical (unpaired) electrons. The molecule has 0 atom stereocenters. The smallest absolute Gasteiger partial charge is 0.0260 e. The Kier molecular flexibility index (Phi) is 8.49. The van der Waals surface area contributed by atoms with E-state index in [1.165, 1.54) is 94.6 Å². The van der Waals surface area contributed by atoms with Crippen molar-refractivity contribution in [2.24, 2.45) is 23.7 Å². The minimum absolute atomic E-state index is 0.991. The zero-order valence-electron chi connectivity index (χ0n) is 18.0. The van der Waals surface area contributed by atoms with Crippen LogP contribution in [0.3, 0.4) is 0 Å². The van der Waals surface area contributed by atoms with Gasteiger partial charge >= 0.3 is 0 Å². The van der Waals surface area contributed by atoms with Crippen LogP contribution in [0.25, 0.3) is 6.08 Å². The first-order valence-electron chi connectivity index (χ1n) is 12.0. The predicted molar refractivity (Wildman–Crippen MR) is 120 cm³/mol. The Labute approximate surface area is 168 Å². The number of benzene rings is 1. The molecule has 0 unspecified atom stereocenters. The lowest BCUT2D eigenvalue weighted by molar-refractivity contribution is 0.143. The molecular weight excluding hydrogens is 324 g/mol. The van der Waals surface area contributed by atoms with Crippen LogP contribution in [0.1, 0.15) is 102 Å². The molecule has 150 valence electrons. The van der Waals surface area contributed by atoms with Gasteiger partial charge in [-0.15, -0.1) is 0 Å². The number of aryl methyl sites for hydroxylation is 1. The van der Waals surface area contributed by atoms with E-state index in [0.717, 1.165) is 23.7 Å². The van der Waals surface area contributed by atoms with E-state index in [1.807, 2.05) is 0 Å². The van der Waals surface area contributed by atoms with E-state index < -0.39 is 0 Å². The Bertz CT molecular complexity index is 536. The van der Waals surface area contributed by atoms with E-state index in [0.29, 0.717) is 0 Å². The van der Waals surface area contributed by atoms with Gasteiger partial charge in [0.15, 0.2) is 0 Å². The van der Waals surface area contributed by atoms with Crippen molar-refractivity contribution in [2.45, 2.75) is 97.3 Å². The molecule has 0 bridgehead atoms. The molecule has 27 heavy (non-hydrogen) atoms. The SMILES string of the molecule is CCCc1ccc(/C=C\CCC2CCC(C3CCC(CC)CC3)CC2)cc1. The van der Waals surface area contributed by atoms with Crippen LogP contribution < -0.4 is 0 Å². The van der Waals surface area contributed by atoms with Crippen molar-refractivity contribution in [3.8, 4) is 0 Å². The van der Waals surface area contributed by atoms with E-state index in [4.69, 9.17) is 0 Å². The molecule has 2 saturated carbocycles. The molecule has 0 N–H and O–H groups in total. The molecule has 3 rings (SSSR count). The molecule has 2 aliphatic carbocycles. The Balaban J connectivity index is 1.32. The minimum Gasteiger partial charge on any atom is -0.0839 e. The summed E-state index contributed by atoms with van der Waals surface area (Å²) < 4.78 is 0. The summed E-state index contributed by atoms with van der Waals surface area (Å²) in [5.74, 6) is 4.18. The molecule has 2 aliphatic rings. The Morgan fingerprint density at radius 3 is 1.93 bits per heavy atom. The molecule has 0 heteroatoms. The normalized spacial score (nSPS) is 29.3. The first-order valence-corrected chi connectivity index (χ1v) is 12.0. The highest BCUT2D eigenvalue weighted by atomic mass is 14.4. The van der Waals surface area contributed by atoms with Crippen LogP contribution in [0.4, 0.5) is 0 Å². The lowest BCUT2D eigenvalue weighted by atomic mass is 9.68. The standard InChI is InChI=1S/C27H42/c1-3-7-23-10-12-24(13-11-23)8-5-6-9-25-16-20-27(21-17-25)26-18-14-22(4-2)15-19-26/h5,8,10-13,22,25-27H,3-4,6-7,9,14-21H2,1-2H3/b8-5-. The molecule has 0 amide bonds. The van der Waals surface area contributed by atoms with E-state index >= 15 is 0 Å². The van der Waals surface area contributed by atoms with E-state index in [2.05, 4.69) is 50.3 Å². The third-order valence-electron chi connectivity index (χ3n) is 7.60. The van der Waals surface area contributed by atoms with Gasteiger partial charge in [0, 0.05) is 0 Å². The third-order valence-corrected chi connectivity index (χ3v) is 7.60. The third kappa shape index (κ3) is 6.51. The fraction of sp³-hybridized carbons (Fsp3) is 0.704. The summed E-state index contributed by atoms with van der Waals surface area (Å²) in [4.78, 5) is 0. The highest BCUT2D eigenvalue weighted by Gasteiger charge is 2.30. The van der Waals surface area contributed by atoms with Gasteiger partial charge in [-0.1, -0.05) is 88.8 Å². The molecule has 0 aromatic heterocycles. The second-order valence-electron chi connectivity index (χ2n) is 9.44. The molecule has 0 heterocycles. The van der Waals surface area contributed by atoms with E-state index in [9.17, 15) is 0 Å². The van der Waals surface area contributed by atoms with Gasteiger partial charge in [-0.05, 0) is 79.7 Å². The Morgan fingerprint density at radius 1 is 0.778 bits per heavy atom. The first kappa shape index (κ1) is 20.7. The second-order valence-corrected chi connectivity index (χ2v) is 9.44. The van der Waals surface area contributed by atoms with Crippen LogP contribution in [-0.4, -0.2) is 0 Å². The van der Waals surface area contributed by atoms with Crippen molar-refractivity contribution in [3.05, 3.63) is 41.5 Å². The molecule has 2 fully saturated rings. The topological polar surface area (TPSA) is 0 Å². The van der Waals surface area contributed by atoms with Crippen molar-refractivity contribution in [1.82, 2.24) is 0 Å². The summed E-state index contributed by atoms with van der Waals surface area (Å²) in [5.41, 5.74) is 2.83. The molecule has 0 aliphatic heterocycles. The van der Waals surface area contributed by atoms with Gasteiger partial charge in [0.1, 0.15) is 0 Å². The highest BCUT2D eigenvalue weighted by Crippen LogP contribution is 2.42. The van der Waals surface area contributed by atoms with Crippen LogP contribution >= 0.6 is 0 Å². The number of rotatable bonds is 8. The molecule has 1 aromatic carbocycles.